The first-order valence-corrected chi connectivity index (χ1v) is 11.8. The first kappa shape index (κ1) is 20.0. The number of rotatable bonds is 7. The summed E-state index contributed by atoms with van der Waals surface area (Å²) in [6.45, 7) is 4.20. The van der Waals surface area contributed by atoms with E-state index in [0.717, 1.165) is 25.7 Å². The summed E-state index contributed by atoms with van der Waals surface area (Å²) in [5.74, 6) is 0.114. The van der Waals surface area contributed by atoms with Gasteiger partial charge in [0.15, 0.2) is 7.29 Å². The van der Waals surface area contributed by atoms with Crippen LogP contribution in [-0.4, -0.2) is 30.4 Å². The van der Waals surface area contributed by atoms with Crippen molar-refractivity contribution in [2.45, 2.75) is 102 Å². The highest BCUT2D eigenvalue weighted by molar-refractivity contribution is 7.63. The lowest BCUT2D eigenvalue weighted by atomic mass is 9.99. The van der Waals surface area contributed by atoms with Gasteiger partial charge in [0.2, 0.25) is 0 Å². The maximum absolute atomic E-state index is 14.2. The highest BCUT2D eigenvalue weighted by atomic mass is 31.2. The Morgan fingerprint density at radius 1 is 1.00 bits per heavy atom. The molecule has 2 saturated carbocycles. The average molecular weight is 357 g/mol. The van der Waals surface area contributed by atoms with E-state index < -0.39 is 13.3 Å². The number of methoxy groups -OCH3 is 1. The molecule has 2 rings (SSSR count). The van der Waals surface area contributed by atoms with Crippen LogP contribution in [-0.2, 0) is 14.1 Å². The Morgan fingerprint density at radius 2 is 1.46 bits per heavy atom. The number of carbonyl (C=O) groups is 1. The van der Waals surface area contributed by atoms with Gasteiger partial charge in [0.1, 0.15) is 6.04 Å². The van der Waals surface area contributed by atoms with Gasteiger partial charge in [-0.25, -0.2) is 0 Å². The zero-order chi connectivity index (χ0) is 17.6. The van der Waals surface area contributed by atoms with Crippen LogP contribution in [0.1, 0.15) is 84.5 Å². The number of carbonyl (C=O) groups excluding carboxylic acids is 1. The summed E-state index contributed by atoms with van der Waals surface area (Å²) < 4.78 is 19.2. The minimum absolute atomic E-state index is 0.254. The third kappa shape index (κ3) is 5.08. The van der Waals surface area contributed by atoms with E-state index in [1.54, 1.807) is 0 Å². The van der Waals surface area contributed by atoms with Crippen LogP contribution in [0.25, 0.3) is 0 Å². The van der Waals surface area contributed by atoms with E-state index in [1.165, 1.54) is 45.6 Å². The third-order valence-electron chi connectivity index (χ3n) is 5.78. The predicted molar refractivity (Wildman–Crippen MR) is 99.7 cm³/mol. The van der Waals surface area contributed by atoms with E-state index in [9.17, 15) is 9.36 Å². The zero-order valence-corrected chi connectivity index (χ0v) is 16.7. The smallest absolute Gasteiger partial charge is 0.323 e. The van der Waals surface area contributed by atoms with E-state index in [4.69, 9.17) is 4.74 Å². The Hall–Kier alpha value is -0.340. The van der Waals surface area contributed by atoms with Crippen LogP contribution in [0.3, 0.4) is 0 Å². The highest BCUT2D eigenvalue weighted by Gasteiger charge is 2.43. The van der Waals surface area contributed by atoms with E-state index >= 15 is 0 Å². The zero-order valence-electron chi connectivity index (χ0n) is 15.8. The molecule has 0 amide bonds. The fourth-order valence-corrected chi connectivity index (χ4v) is 8.48. The van der Waals surface area contributed by atoms with Crippen LogP contribution in [0.2, 0.25) is 0 Å². The molecule has 2 fully saturated rings. The first-order chi connectivity index (χ1) is 11.5. The van der Waals surface area contributed by atoms with Crippen molar-refractivity contribution >= 4 is 13.3 Å². The van der Waals surface area contributed by atoms with E-state index in [2.05, 4.69) is 18.9 Å². The molecular weight excluding hydrogens is 321 g/mol. The fraction of sp³-hybridized carbons (Fsp3) is 0.947. The van der Waals surface area contributed by atoms with Crippen LogP contribution >= 0.6 is 7.29 Å². The minimum atomic E-state index is -2.60. The summed E-state index contributed by atoms with van der Waals surface area (Å²) in [6.07, 6.45) is 12.1. The van der Waals surface area contributed by atoms with Crippen molar-refractivity contribution < 1.29 is 14.1 Å². The van der Waals surface area contributed by atoms with Gasteiger partial charge in [-0.2, -0.15) is 0 Å². The van der Waals surface area contributed by atoms with Gasteiger partial charge in [0.05, 0.1) is 7.11 Å². The van der Waals surface area contributed by atoms with Crippen molar-refractivity contribution in [1.29, 1.82) is 0 Å². The van der Waals surface area contributed by atoms with Gasteiger partial charge in [-0.05, 0) is 38.0 Å². The Morgan fingerprint density at radius 3 is 1.83 bits per heavy atom. The molecule has 0 aromatic carbocycles. The van der Waals surface area contributed by atoms with Gasteiger partial charge in [0, 0.05) is 11.3 Å². The molecule has 0 unspecified atom stereocenters. The second kappa shape index (κ2) is 9.38. The number of ether oxygens (including phenoxy) is 1. The quantitative estimate of drug-likeness (QED) is 0.508. The second-order valence-electron chi connectivity index (χ2n) is 8.13. The van der Waals surface area contributed by atoms with E-state index in [0.29, 0.717) is 12.3 Å². The predicted octanol–water partition coefficient (Wildman–Crippen LogP) is 5.11. The SMILES string of the molecule is COC(=O)[C@H](CC(C)C)NP(=O)(C1CCCCC1)C1CCCCC1. The topological polar surface area (TPSA) is 55.4 Å². The molecule has 0 aromatic rings. The molecule has 0 saturated heterocycles. The van der Waals surface area contributed by atoms with Gasteiger partial charge in [-0.15, -0.1) is 0 Å². The Labute approximate surface area is 147 Å². The molecule has 2 aliphatic carbocycles. The molecule has 0 aliphatic heterocycles. The lowest BCUT2D eigenvalue weighted by Crippen LogP contribution is -2.42. The summed E-state index contributed by atoms with van der Waals surface area (Å²) in [5.41, 5.74) is 0.516. The number of nitrogens with one attached hydrogen (secondary N) is 1. The molecule has 4 nitrogen and oxygen atoms in total. The van der Waals surface area contributed by atoms with E-state index in [1.807, 2.05) is 0 Å². The molecule has 140 valence electrons. The van der Waals surface area contributed by atoms with Gasteiger partial charge < -0.3 is 9.30 Å². The van der Waals surface area contributed by atoms with Crippen molar-refractivity contribution in [2.75, 3.05) is 7.11 Å². The summed E-state index contributed by atoms with van der Waals surface area (Å²) in [7, 11) is -1.17. The van der Waals surface area contributed by atoms with Crippen LogP contribution in [0, 0.1) is 5.92 Å². The fourth-order valence-electron chi connectivity index (χ4n) is 4.50. The molecule has 0 aromatic heterocycles. The minimum Gasteiger partial charge on any atom is -0.468 e. The average Bonchev–Trinajstić information content (AvgIpc) is 2.61. The van der Waals surface area contributed by atoms with E-state index in [-0.39, 0.29) is 17.3 Å². The summed E-state index contributed by atoms with van der Waals surface area (Å²) in [6, 6.07) is -0.426. The van der Waals surface area contributed by atoms with Crippen LogP contribution in [0.5, 0.6) is 0 Å². The molecular formula is C19H36NO3P. The van der Waals surface area contributed by atoms with Crippen molar-refractivity contribution in [2.24, 2.45) is 5.92 Å². The molecule has 0 heterocycles. The first-order valence-electron chi connectivity index (χ1n) is 9.92. The summed E-state index contributed by atoms with van der Waals surface area (Å²) in [5, 5.41) is 3.43. The largest absolute Gasteiger partial charge is 0.468 e. The van der Waals surface area contributed by atoms with Crippen LogP contribution in [0.4, 0.5) is 0 Å². The number of hydrogen-bond donors (Lipinski definition) is 1. The van der Waals surface area contributed by atoms with Crippen molar-refractivity contribution in [1.82, 2.24) is 5.09 Å². The summed E-state index contributed by atoms with van der Waals surface area (Å²) >= 11 is 0. The summed E-state index contributed by atoms with van der Waals surface area (Å²) in [4.78, 5) is 12.3. The normalized spacial score (nSPS) is 22.5. The standard InChI is InChI=1S/C19H36NO3P/c1-15(2)14-18(19(21)23-3)20-24(22,16-10-6-4-7-11-16)17-12-8-5-9-13-17/h15-18H,4-14H2,1-3H3,(H,20,22)/t18-/m0/s1. The molecule has 1 atom stereocenters. The maximum atomic E-state index is 14.2. The maximum Gasteiger partial charge on any atom is 0.323 e. The second-order valence-corrected chi connectivity index (χ2v) is 11.3. The van der Waals surface area contributed by atoms with Crippen molar-refractivity contribution in [3.8, 4) is 0 Å². The van der Waals surface area contributed by atoms with Crippen molar-refractivity contribution in [3.63, 3.8) is 0 Å². The van der Waals surface area contributed by atoms with Gasteiger partial charge >= 0.3 is 5.97 Å². The Bertz CT molecular complexity index is 418. The monoisotopic (exact) mass is 357 g/mol. The lowest BCUT2D eigenvalue weighted by Gasteiger charge is -2.40. The van der Waals surface area contributed by atoms with Gasteiger partial charge in [0.25, 0.3) is 0 Å². The Kier molecular flexibility index (Phi) is 7.81. The molecule has 2 aliphatic rings. The number of esters is 1. The van der Waals surface area contributed by atoms with Gasteiger partial charge in [-0.3, -0.25) is 9.88 Å². The molecule has 5 heteroatoms. The molecule has 24 heavy (non-hydrogen) atoms. The number of hydrogen-bond acceptors (Lipinski definition) is 3. The highest BCUT2D eigenvalue weighted by Crippen LogP contribution is 2.60. The van der Waals surface area contributed by atoms with Crippen molar-refractivity contribution in [3.05, 3.63) is 0 Å². The Balaban J connectivity index is 2.22. The molecule has 0 radical (unpaired) electrons. The van der Waals surface area contributed by atoms with Crippen LogP contribution in [0.15, 0.2) is 0 Å². The third-order valence-corrected chi connectivity index (χ3v) is 9.70. The van der Waals surface area contributed by atoms with Crippen LogP contribution < -0.4 is 5.09 Å². The molecule has 0 spiro atoms. The lowest BCUT2D eigenvalue weighted by molar-refractivity contribution is -0.143. The van der Waals surface area contributed by atoms with Gasteiger partial charge in [-0.1, -0.05) is 52.4 Å². The molecule has 0 bridgehead atoms. The molecule has 1 N–H and O–H groups in total.